The van der Waals surface area contributed by atoms with Crippen molar-refractivity contribution in [2.24, 2.45) is 11.8 Å². The van der Waals surface area contributed by atoms with Crippen LogP contribution in [0.3, 0.4) is 0 Å². The summed E-state index contributed by atoms with van der Waals surface area (Å²) in [6, 6.07) is 0. The van der Waals surface area contributed by atoms with Crippen LogP contribution in [-0.2, 0) is 19.1 Å². The number of unbranched alkanes of at least 4 members (excludes halogenated alkanes) is 24. The number of hydrogen-bond acceptors (Lipinski definition) is 6. The lowest BCUT2D eigenvalue weighted by Gasteiger charge is -2.34. The molecule has 2 aliphatic heterocycles. The van der Waals surface area contributed by atoms with Crippen molar-refractivity contribution < 1.29 is 29.3 Å². The Morgan fingerprint density at radius 3 is 1.08 bits per heavy atom. The first-order valence-electron chi connectivity index (χ1n) is 27.8. The molecule has 0 saturated carbocycles. The maximum Gasteiger partial charge on any atom is 0.290 e. The number of carbonyl (C=O) groups is 2. The average molecular weight is 895 g/mol. The first-order valence-corrected chi connectivity index (χ1v) is 27.8. The number of carboxylic acid groups (broad SMARTS) is 2. The van der Waals surface area contributed by atoms with Crippen LogP contribution in [0, 0.1) is 11.8 Å². The number of rotatable bonds is 42. The highest BCUT2D eigenvalue weighted by Crippen LogP contribution is 2.35. The van der Waals surface area contributed by atoms with E-state index in [0.29, 0.717) is 0 Å². The molecule has 63 heavy (non-hydrogen) atoms. The zero-order chi connectivity index (χ0) is 46.3. The fraction of sp³-hybridized carbons (Fsp3) is 0.964. The molecule has 0 aromatic rings. The molecule has 0 radical (unpaired) electrons. The molecule has 2 rings (SSSR count). The topological polar surface area (TPSA) is 99.5 Å². The second kappa shape index (κ2) is 47.3. The summed E-state index contributed by atoms with van der Waals surface area (Å²) >= 11 is 0. The lowest BCUT2D eigenvalue weighted by molar-refractivity contribution is -0.181. The van der Waals surface area contributed by atoms with Crippen molar-refractivity contribution in [3.05, 3.63) is 0 Å². The van der Waals surface area contributed by atoms with Crippen molar-refractivity contribution in [1.82, 2.24) is 9.80 Å². The predicted molar refractivity (Wildman–Crippen MR) is 270 cm³/mol. The van der Waals surface area contributed by atoms with Crippen LogP contribution in [0.4, 0.5) is 0 Å². The van der Waals surface area contributed by atoms with Gasteiger partial charge in [-0.25, -0.2) is 0 Å². The van der Waals surface area contributed by atoms with Crippen LogP contribution < -0.4 is 0 Å². The van der Waals surface area contributed by atoms with Gasteiger partial charge in [0, 0.05) is 45.6 Å². The van der Waals surface area contributed by atoms with E-state index in [0.717, 1.165) is 37.8 Å². The summed E-state index contributed by atoms with van der Waals surface area (Å²) in [6.07, 6.45) is 53.7. The van der Waals surface area contributed by atoms with Gasteiger partial charge in [-0.15, -0.1) is 0 Å². The number of hydrogen-bond donors (Lipinski definition) is 2. The largest absolute Gasteiger partial charge is 0.483 e. The highest BCUT2D eigenvalue weighted by molar-refractivity contribution is 5.33. The molecule has 0 amide bonds. The third-order valence-corrected chi connectivity index (χ3v) is 14.2. The third kappa shape index (κ3) is 38.6. The Labute approximate surface area is 392 Å². The van der Waals surface area contributed by atoms with Gasteiger partial charge in [0.1, 0.15) is 0 Å². The van der Waals surface area contributed by atoms with Gasteiger partial charge in [-0.3, -0.25) is 14.5 Å². The Balaban J connectivity index is 0.00000603. The molecule has 1 unspecified atom stereocenters. The summed E-state index contributed by atoms with van der Waals surface area (Å²) in [7, 11) is 2.25. The van der Waals surface area contributed by atoms with Crippen LogP contribution in [0.25, 0.3) is 0 Å². The Morgan fingerprint density at radius 1 is 0.476 bits per heavy atom. The second-order valence-corrected chi connectivity index (χ2v) is 19.9. The summed E-state index contributed by atoms with van der Waals surface area (Å²) < 4.78 is 13.6. The molecule has 8 heteroatoms. The Bertz CT molecular complexity index is 859. The van der Waals surface area contributed by atoms with Gasteiger partial charge in [0.05, 0.1) is 12.7 Å². The number of likely N-dealkylation sites (N-methyl/N-ethyl adjacent to an activating group) is 1. The molecule has 0 spiro atoms. The fourth-order valence-electron chi connectivity index (χ4n) is 10.1. The summed E-state index contributed by atoms with van der Waals surface area (Å²) in [5.41, 5.74) is 0. The second-order valence-electron chi connectivity index (χ2n) is 19.9. The third-order valence-electron chi connectivity index (χ3n) is 14.2. The van der Waals surface area contributed by atoms with Gasteiger partial charge in [0.2, 0.25) is 0 Å². The smallest absolute Gasteiger partial charge is 0.290 e. The zero-order valence-corrected chi connectivity index (χ0v) is 42.9. The van der Waals surface area contributed by atoms with E-state index < -0.39 is 0 Å². The first kappa shape index (κ1) is 61.8. The van der Waals surface area contributed by atoms with Crippen molar-refractivity contribution in [2.75, 3.05) is 46.4 Å². The van der Waals surface area contributed by atoms with Gasteiger partial charge in [0.15, 0.2) is 5.79 Å². The highest BCUT2D eigenvalue weighted by atomic mass is 16.7. The van der Waals surface area contributed by atoms with Gasteiger partial charge in [-0.2, -0.15) is 0 Å². The maximum absolute atomic E-state index is 8.36. The maximum atomic E-state index is 8.36. The average Bonchev–Trinajstić information content (AvgIpc) is 3.67. The van der Waals surface area contributed by atoms with E-state index in [1.165, 1.54) is 257 Å². The molecular weight excluding hydrogens is 785 g/mol. The molecular formula is C55H110N2O6. The minimum absolute atomic E-state index is 0.249. The molecule has 2 aliphatic rings. The molecule has 2 fully saturated rings. The first-order chi connectivity index (χ1) is 30.9. The molecule has 0 aromatic heterocycles. The molecule has 0 aromatic carbocycles. The number of nitrogens with zero attached hydrogens (tertiary/aromatic N) is 2. The van der Waals surface area contributed by atoms with Crippen molar-refractivity contribution in [3.8, 4) is 0 Å². The van der Waals surface area contributed by atoms with E-state index >= 15 is 0 Å². The minimum atomic E-state index is -0.312. The predicted octanol–water partition coefficient (Wildman–Crippen LogP) is 15.9. The standard InChI is InChI=1S/C53H106N2O2.2CH2O2/c1-6-10-28-36-50(37-29-11-7-2)40-32-24-20-16-14-18-22-26-34-42-53(56-49-52(57-53)48-55-46-44-54(5)45-47-55)43-35-27-23-19-15-17-21-25-33-41-51(38-30-12-8-3)39-31-13-9-4;2*2-1-3/h50-52H,6-49H2,1-5H3;2*1H,(H,2,3). The van der Waals surface area contributed by atoms with Crippen LogP contribution in [0.2, 0.25) is 0 Å². The van der Waals surface area contributed by atoms with Crippen LogP contribution in [0.5, 0.6) is 0 Å². The van der Waals surface area contributed by atoms with Gasteiger partial charge in [0.25, 0.3) is 12.9 Å². The molecule has 376 valence electrons. The van der Waals surface area contributed by atoms with Gasteiger partial charge in [-0.05, 0) is 31.7 Å². The Hall–Kier alpha value is -1.22. The van der Waals surface area contributed by atoms with Crippen molar-refractivity contribution in [3.63, 3.8) is 0 Å². The molecule has 0 aliphatic carbocycles. The van der Waals surface area contributed by atoms with E-state index in [9.17, 15) is 0 Å². The zero-order valence-electron chi connectivity index (χ0n) is 42.9. The number of ether oxygens (including phenoxy) is 2. The van der Waals surface area contributed by atoms with E-state index in [4.69, 9.17) is 29.3 Å². The highest BCUT2D eigenvalue weighted by Gasteiger charge is 2.41. The molecule has 2 N–H and O–H groups in total. The summed E-state index contributed by atoms with van der Waals surface area (Å²) in [5.74, 6) is 1.70. The molecule has 0 bridgehead atoms. The molecule has 1 atom stereocenters. The molecule has 8 nitrogen and oxygen atoms in total. The quantitative estimate of drug-likeness (QED) is 0.0462. The fourth-order valence-corrected chi connectivity index (χ4v) is 10.1. The van der Waals surface area contributed by atoms with Crippen LogP contribution in [-0.4, -0.2) is 91.2 Å². The molecule has 2 saturated heterocycles. The molecule has 2 heterocycles. The normalized spacial score (nSPS) is 16.5. The van der Waals surface area contributed by atoms with Crippen LogP contribution in [0.1, 0.15) is 272 Å². The van der Waals surface area contributed by atoms with Crippen molar-refractivity contribution in [1.29, 1.82) is 0 Å². The van der Waals surface area contributed by atoms with Gasteiger partial charge in [-0.1, -0.05) is 246 Å². The SMILES string of the molecule is CCCCCC(CCCCC)CCCCCCCCCCCC1(CCCCCCCCCCCC(CCCCC)CCCCC)OCC(CN2CCN(C)CC2)O1.O=CO.O=CO. The lowest BCUT2D eigenvalue weighted by atomic mass is 9.90. The van der Waals surface area contributed by atoms with Crippen molar-refractivity contribution >= 4 is 12.9 Å². The van der Waals surface area contributed by atoms with Crippen molar-refractivity contribution in [2.45, 2.75) is 284 Å². The summed E-state index contributed by atoms with van der Waals surface area (Å²) in [4.78, 5) is 21.8. The van der Waals surface area contributed by atoms with Gasteiger partial charge >= 0.3 is 0 Å². The Kier molecular flexibility index (Phi) is 46.4. The van der Waals surface area contributed by atoms with Crippen LogP contribution >= 0.6 is 0 Å². The van der Waals surface area contributed by atoms with E-state index in [1.807, 2.05) is 0 Å². The Morgan fingerprint density at radius 2 is 0.762 bits per heavy atom. The minimum Gasteiger partial charge on any atom is -0.483 e. The van der Waals surface area contributed by atoms with E-state index in [2.05, 4.69) is 44.5 Å². The monoisotopic (exact) mass is 895 g/mol. The lowest BCUT2D eigenvalue weighted by Crippen LogP contribution is -2.47. The summed E-state index contributed by atoms with van der Waals surface area (Å²) in [5, 5.41) is 13.8. The van der Waals surface area contributed by atoms with E-state index in [-0.39, 0.29) is 24.8 Å². The summed E-state index contributed by atoms with van der Waals surface area (Å²) in [6.45, 7) is 15.4. The number of piperazine rings is 1. The van der Waals surface area contributed by atoms with Gasteiger partial charge < -0.3 is 24.6 Å². The van der Waals surface area contributed by atoms with Crippen LogP contribution in [0.15, 0.2) is 0 Å². The van der Waals surface area contributed by atoms with E-state index in [1.54, 1.807) is 0 Å².